The Balaban J connectivity index is 1.76. The highest BCUT2D eigenvalue weighted by atomic mass is 35.5. The third-order valence-electron chi connectivity index (χ3n) is 3.79. The summed E-state index contributed by atoms with van der Waals surface area (Å²) in [6, 6.07) is 0.318. The maximum absolute atomic E-state index is 9.36. The molecule has 0 aromatic carbocycles. The zero-order chi connectivity index (χ0) is 14.4. The van der Waals surface area contributed by atoms with Crippen molar-refractivity contribution in [3.8, 4) is 0 Å². The van der Waals surface area contributed by atoms with E-state index < -0.39 is 0 Å². The molecule has 4 nitrogen and oxygen atoms in total. The lowest BCUT2D eigenvalue weighted by molar-refractivity contribution is 0.0910. The van der Waals surface area contributed by atoms with Gasteiger partial charge >= 0.3 is 0 Å². The van der Waals surface area contributed by atoms with Crippen LogP contribution in [0.25, 0.3) is 0 Å². The van der Waals surface area contributed by atoms with E-state index in [1.54, 1.807) is 12.4 Å². The molecular formula is C14H21Cl2N3O. The summed E-state index contributed by atoms with van der Waals surface area (Å²) in [4.78, 5) is 6.29. The van der Waals surface area contributed by atoms with Crippen molar-refractivity contribution >= 4 is 23.2 Å². The molecule has 2 rings (SSSR count). The van der Waals surface area contributed by atoms with Gasteiger partial charge in [0.25, 0.3) is 0 Å². The monoisotopic (exact) mass is 317 g/mol. The molecule has 20 heavy (non-hydrogen) atoms. The molecule has 1 saturated heterocycles. The number of aliphatic hydroxyl groups excluding tert-OH is 1. The van der Waals surface area contributed by atoms with Crippen LogP contribution < -0.4 is 5.32 Å². The lowest BCUT2D eigenvalue weighted by Crippen LogP contribution is -2.44. The summed E-state index contributed by atoms with van der Waals surface area (Å²) >= 11 is 12.1. The fourth-order valence-corrected chi connectivity index (χ4v) is 3.10. The van der Waals surface area contributed by atoms with Crippen LogP contribution in [0.1, 0.15) is 24.8 Å². The molecular weight excluding hydrogens is 297 g/mol. The SMILES string of the molecule is OC[C@H]1CCCCN1CCNCc1c(Cl)cncc1Cl. The second kappa shape index (κ2) is 8.15. The third kappa shape index (κ3) is 4.30. The molecule has 6 heteroatoms. The number of nitrogens with zero attached hydrogens (tertiary/aromatic N) is 2. The minimum absolute atomic E-state index is 0.252. The largest absolute Gasteiger partial charge is 0.395 e. The third-order valence-corrected chi connectivity index (χ3v) is 4.44. The molecule has 1 atom stereocenters. The number of halogens is 2. The number of nitrogens with one attached hydrogen (secondary N) is 1. The van der Waals surface area contributed by atoms with Crippen molar-refractivity contribution in [2.24, 2.45) is 0 Å². The summed E-state index contributed by atoms with van der Waals surface area (Å²) in [6.07, 6.45) is 6.75. The first-order valence-electron chi connectivity index (χ1n) is 7.06. The molecule has 0 bridgehead atoms. The Labute approximate surface area is 130 Å². The van der Waals surface area contributed by atoms with Gasteiger partial charge < -0.3 is 10.4 Å². The number of aliphatic hydroxyl groups is 1. The van der Waals surface area contributed by atoms with Crippen LogP contribution >= 0.6 is 23.2 Å². The van der Waals surface area contributed by atoms with Gasteiger partial charge in [0, 0.05) is 43.6 Å². The van der Waals surface area contributed by atoms with Gasteiger partial charge in [0.15, 0.2) is 0 Å². The highest BCUT2D eigenvalue weighted by Crippen LogP contribution is 2.22. The number of likely N-dealkylation sites (tertiary alicyclic amines) is 1. The summed E-state index contributed by atoms with van der Waals surface area (Å²) in [7, 11) is 0. The predicted octanol–water partition coefficient (Wildman–Crippen LogP) is 2.32. The highest BCUT2D eigenvalue weighted by molar-refractivity contribution is 6.35. The minimum Gasteiger partial charge on any atom is -0.395 e. The van der Waals surface area contributed by atoms with Crippen molar-refractivity contribution < 1.29 is 5.11 Å². The van der Waals surface area contributed by atoms with E-state index in [-0.39, 0.29) is 6.61 Å². The minimum atomic E-state index is 0.252. The van der Waals surface area contributed by atoms with E-state index in [0.29, 0.717) is 22.6 Å². The fraction of sp³-hybridized carbons (Fsp3) is 0.643. The van der Waals surface area contributed by atoms with E-state index in [1.165, 1.54) is 12.8 Å². The molecule has 1 aliphatic rings. The van der Waals surface area contributed by atoms with Crippen LogP contribution in [0.5, 0.6) is 0 Å². The van der Waals surface area contributed by atoms with Crippen LogP contribution in [0, 0.1) is 0 Å². The van der Waals surface area contributed by atoms with E-state index in [9.17, 15) is 5.11 Å². The van der Waals surface area contributed by atoms with Crippen LogP contribution in [-0.2, 0) is 6.54 Å². The zero-order valence-electron chi connectivity index (χ0n) is 11.5. The first-order valence-corrected chi connectivity index (χ1v) is 7.81. The summed E-state index contributed by atoms with van der Waals surface area (Å²) in [5.74, 6) is 0. The Morgan fingerprint density at radius 2 is 2.05 bits per heavy atom. The van der Waals surface area contributed by atoms with E-state index in [4.69, 9.17) is 23.2 Å². The van der Waals surface area contributed by atoms with Gasteiger partial charge in [0.1, 0.15) is 0 Å². The Morgan fingerprint density at radius 1 is 1.30 bits per heavy atom. The molecule has 2 N–H and O–H groups in total. The molecule has 1 fully saturated rings. The van der Waals surface area contributed by atoms with Gasteiger partial charge in [-0.25, -0.2) is 0 Å². The average Bonchev–Trinajstić information content (AvgIpc) is 2.46. The van der Waals surface area contributed by atoms with Crippen molar-refractivity contribution in [3.63, 3.8) is 0 Å². The Morgan fingerprint density at radius 3 is 2.75 bits per heavy atom. The van der Waals surface area contributed by atoms with Crippen LogP contribution in [-0.4, -0.2) is 47.3 Å². The quantitative estimate of drug-likeness (QED) is 0.791. The van der Waals surface area contributed by atoms with Gasteiger partial charge in [-0.15, -0.1) is 0 Å². The molecule has 2 heterocycles. The number of rotatable bonds is 6. The van der Waals surface area contributed by atoms with E-state index in [2.05, 4.69) is 15.2 Å². The molecule has 1 aromatic rings. The maximum atomic E-state index is 9.36. The van der Waals surface area contributed by atoms with Crippen LogP contribution in [0.2, 0.25) is 10.0 Å². The van der Waals surface area contributed by atoms with Crippen molar-refractivity contribution in [1.29, 1.82) is 0 Å². The van der Waals surface area contributed by atoms with Crippen molar-refractivity contribution in [2.75, 3.05) is 26.2 Å². The van der Waals surface area contributed by atoms with E-state index in [0.717, 1.165) is 31.6 Å². The van der Waals surface area contributed by atoms with Gasteiger partial charge in [-0.1, -0.05) is 29.6 Å². The average molecular weight is 318 g/mol. The number of hydrogen-bond donors (Lipinski definition) is 2. The van der Waals surface area contributed by atoms with Gasteiger partial charge in [-0.2, -0.15) is 0 Å². The molecule has 1 aromatic heterocycles. The predicted molar refractivity (Wildman–Crippen MR) is 82.3 cm³/mol. The first kappa shape index (κ1) is 16.0. The normalized spacial score (nSPS) is 20.2. The topological polar surface area (TPSA) is 48.4 Å². The van der Waals surface area contributed by atoms with Crippen molar-refractivity contribution in [2.45, 2.75) is 31.8 Å². The molecule has 0 amide bonds. The lowest BCUT2D eigenvalue weighted by Gasteiger charge is -2.34. The molecule has 0 saturated carbocycles. The Bertz CT molecular complexity index is 411. The van der Waals surface area contributed by atoms with Gasteiger partial charge in [-0.05, 0) is 19.4 Å². The summed E-state index contributed by atoms with van der Waals surface area (Å²) in [5.41, 5.74) is 0.890. The first-order chi connectivity index (χ1) is 9.72. The number of hydrogen-bond acceptors (Lipinski definition) is 4. The molecule has 112 valence electrons. The smallest absolute Gasteiger partial charge is 0.0649 e. The molecule has 0 radical (unpaired) electrons. The van der Waals surface area contributed by atoms with E-state index in [1.807, 2.05) is 0 Å². The Hall–Kier alpha value is -0.390. The van der Waals surface area contributed by atoms with Gasteiger partial charge in [0.05, 0.1) is 16.7 Å². The number of aromatic nitrogens is 1. The lowest BCUT2D eigenvalue weighted by atomic mass is 10.0. The maximum Gasteiger partial charge on any atom is 0.0649 e. The molecule has 0 spiro atoms. The van der Waals surface area contributed by atoms with Crippen LogP contribution in [0.15, 0.2) is 12.4 Å². The van der Waals surface area contributed by atoms with Crippen LogP contribution in [0.4, 0.5) is 0 Å². The van der Waals surface area contributed by atoms with Crippen molar-refractivity contribution in [1.82, 2.24) is 15.2 Å². The molecule has 1 aliphatic heterocycles. The second-order valence-electron chi connectivity index (χ2n) is 5.13. The highest BCUT2D eigenvalue weighted by Gasteiger charge is 2.20. The van der Waals surface area contributed by atoms with Crippen LogP contribution in [0.3, 0.4) is 0 Å². The molecule has 0 aliphatic carbocycles. The van der Waals surface area contributed by atoms with E-state index >= 15 is 0 Å². The fourth-order valence-electron chi connectivity index (χ4n) is 2.60. The number of pyridine rings is 1. The van der Waals surface area contributed by atoms with Crippen molar-refractivity contribution in [3.05, 3.63) is 28.0 Å². The number of piperidine rings is 1. The summed E-state index contributed by atoms with van der Waals surface area (Å²) in [5, 5.41) is 13.9. The van der Waals surface area contributed by atoms with Gasteiger partial charge in [0.2, 0.25) is 0 Å². The molecule has 0 unspecified atom stereocenters. The Kier molecular flexibility index (Phi) is 6.52. The second-order valence-corrected chi connectivity index (χ2v) is 5.94. The zero-order valence-corrected chi connectivity index (χ0v) is 13.0. The standard InChI is InChI=1S/C14H21Cl2N3O/c15-13-8-18-9-14(16)12(13)7-17-4-6-19-5-2-1-3-11(19)10-20/h8-9,11,17,20H,1-7,10H2/t11-/m1/s1. The summed E-state index contributed by atoms with van der Waals surface area (Å²) < 4.78 is 0. The summed E-state index contributed by atoms with van der Waals surface area (Å²) in [6.45, 7) is 3.75. The van der Waals surface area contributed by atoms with Gasteiger partial charge in [-0.3, -0.25) is 9.88 Å².